The van der Waals surface area contributed by atoms with Crippen LogP contribution in [0.5, 0.6) is 0 Å². The number of fused-ring (bicyclic) bond motifs is 6. The molecular weight excluding hydrogens is 801 g/mol. The molecule has 3 nitrogen and oxygen atoms in total. The summed E-state index contributed by atoms with van der Waals surface area (Å²) in [6.45, 7) is 4.69. The number of rotatable bonds is 9. The number of benzene rings is 10. The predicted octanol–water partition coefficient (Wildman–Crippen LogP) is 17.8. The van der Waals surface area contributed by atoms with Gasteiger partial charge in [-0.05, 0) is 117 Å². The van der Waals surface area contributed by atoms with Crippen molar-refractivity contribution >= 4 is 56.1 Å². The van der Waals surface area contributed by atoms with Crippen molar-refractivity contribution in [3.8, 4) is 44.5 Å². The molecule has 0 radical (unpaired) electrons. The summed E-state index contributed by atoms with van der Waals surface area (Å²) < 4.78 is 6.76. The maximum absolute atomic E-state index is 6.76. The summed E-state index contributed by atoms with van der Waals surface area (Å²) in [6, 6.07) is 87.2. The van der Waals surface area contributed by atoms with Crippen molar-refractivity contribution in [2.24, 2.45) is 0 Å². The monoisotopic (exact) mass is 846 g/mol. The van der Waals surface area contributed by atoms with Crippen LogP contribution in [0.25, 0.3) is 66.4 Å². The summed E-state index contributed by atoms with van der Waals surface area (Å²) in [6.07, 6.45) is 0. The van der Waals surface area contributed by atoms with Crippen molar-refractivity contribution in [2.45, 2.75) is 19.3 Å². The van der Waals surface area contributed by atoms with Crippen molar-refractivity contribution in [3.05, 3.63) is 254 Å². The lowest BCUT2D eigenvalue weighted by Crippen LogP contribution is -2.16. The normalized spacial score (nSPS) is 12.5. The molecule has 3 heteroatoms. The van der Waals surface area contributed by atoms with Gasteiger partial charge in [0.15, 0.2) is 0 Å². The molecule has 66 heavy (non-hydrogen) atoms. The Morgan fingerprint density at radius 2 is 0.667 bits per heavy atom. The molecule has 1 aromatic heterocycles. The first kappa shape index (κ1) is 39.2. The average Bonchev–Trinajstić information content (AvgIpc) is 3.88. The third-order valence-electron chi connectivity index (χ3n) is 13.5. The minimum atomic E-state index is -0.0839. The molecule has 0 saturated carbocycles. The maximum Gasteiger partial charge on any atom is 0.143 e. The standard InChI is InChI=1S/C63H46N2O/c1-63(2)59-27-13-12-22-55(59)56-41-40-52(42-60(56)63)65(48-20-10-5-11-21-48)51-36-30-44(31-37-51)43-28-34-49(35-29-43)64(47-18-8-4-9-19-47)50-38-32-46(33-39-50)54-24-15-26-58-57-25-14-23-53(61(57)66-62(54)58)45-16-6-3-7-17-45/h3-42H,1-2H3. The van der Waals surface area contributed by atoms with E-state index in [4.69, 9.17) is 4.42 Å². The fourth-order valence-electron chi connectivity index (χ4n) is 10.2. The van der Waals surface area contributed by atoms with Crippen molar-refractivity contribution in [3.63, 3.8) is 0 Å². The van der Waals surface area contributed by atoms with Gasteiger partial charge in [-0.25, -0.2) is 0 Å². The summed E-state index contributed by atoms with van der Waals surface area (Å²) in [5.74, 6) is 0. The smallest absolute Gasteiger partial charge is 0.143 e. The van der Waals surface area contributed by atoms with E-state index in [0.717, 1.165) is 89.4 Å². The van der Waals surface area contributed by atoms with Crippen LogP contribution in [0.15, 0.2) is 247 Å². The fraction of sp³-hybridized carbons (Fsp3) is 0.0476. The van der Waals surface area contributed by atoms with E-state index in [2.05, 4.69) is 260 Å². The van der Waals surface area contributed by atoms with E-state index in [1.54, 1.807) is 0 Å². The molecule has 1 aliphatic rings. The van der Waals surface area contributed by atoms with Gasteiger partial charge in [0.25, 0.3) is 0 Å². The molecule has 11 aromatic rings. The van der Waals surface area contributed by atoms with Crippen LogP contribution in [0, 0.1) is 0 Å². The molecule has 0 spiro atoms. The van der Waals surface area contributed by atoms with E-state index >= 15 is 0 Å². The van der Waals surface area contributed by atoms with Gasteiger partial charge in [-0.2, -0.15) is 0 Å². The number of anilines is 6. The molecule has 12 rings (SSSR count). The van der Waals surface area contributed by atoms with E-state index in [0.29, 0.717) is 0 Å². The average molecular weight is 847 g/mol. The van der Waals surface area contributed by atoms with Gasteiger partial charge in [0.1, 0.15) is 11.2 Å². The van der Waals surface area contributed by atoms with E-state index in [1.165, 1.54) is 22.3 Å². The van der Waals surface area contributed by atoms with Gasteiger partial charge in [-0.3, -0.25) is 0 Å². The third-order valence-corrected chi connectivity index (χ3v) is 13.5. The molecule has 0 saturated heterocycles. The van der Waals surface area contributed by atoms with Crippen LogP contribution in [0.4, 0.5) is 34.1 Å². The number of hydrogen-bond acceptors (Lipinski definition) is 3. The van der Waals surface area contributed by atoms with E-state index < -0.39 is 0 Å². The van der Waals surface area contributed by atoms with Gasteiger partial charge in [-0.15, -0.1) is 0 Å². The van der Waals surface area contributed by atoms with Crippen LogP contribution in [-0.2, 0) is 5.41 Å². The van der Waals surface area contributed by atoms with Gasteiger partial charge in [0, 0.05) is 61.4 Å². The summed E-state index contributed by atoms with van der Waals surface area (Å²) in [4.78, 5) is 4.69. The Labute approximate surface area is 386 Å². The van der Waals surface area contributed by atoms with Gasteiger partial charge in [-0.1, -0.05) is 184 Å². The molecule has 1 heterocycles. The van der Waals surface area contributed by atoms with Crippen LogP contribution in [0.2, 0.25) is 0 Å². The predicted molar refractivity (Wildman–Crippen MR) is 277 cm³/mol. The Kier molecular flexibility index (Phi) is 9.50. The molecule has 0 atom stereocenters. The van der Waals surface area contributed by atoms with Gasteiger partial charge < -0.3 is 14.2 Å². The molecule has 0 unspecified atom stereocenters. The minimum absolute atomic E-state index is 0.0839. The third kappa shape index (κ3) is 6.67. The van der Waals surface area contributed by atoms with Crippen molar-refractivity contribution in [1.82, 2.24) is 0 Å². The molecule has 314 valence electrons. The summed E-state index contributed by atoms with van der Waals surface area (Å²) >= 11 is 0. The molecule has 10 aromatic carbocycles. The highest BCUT2D eigenvalue weighted by molar-refractivity contribution is 6.13. The molecule has 1 aliphatic carbocycles. The Morgan fingerprint density at radius 3 is 1.20 bits per heavy atom. The van der Waals surface area contributed by atoms with Crippen LogP contribution < -0.4 is 9.80 Å². The molecule has 0 amide bonds. The molecular formula is C63H46N2O. The number of furan rings is 1. The zero-order chi connectivity index (χ0) is 44.2. The van der Waals surface area contributed by atoms with E-state index in [9.17, 15) is 0 Å². The molecule has 0 fully saturated rings. The minimum Gasteiger partial charge on any atom is -0.455 e. The molecule has 0 aliphatic heterocycles. The Morgan fingerprint density at radius 1 is 0.288 bits per heavy atom. The fourth-order valence-corrected chi connectivity index (χ4v) is 10.2. The number of para-hydroxylation sites is 4. The van der Waals surface area contributed by atoms with Crippen LogP contribution in [0.1, 0.15) is 25.0 Å². The quantitative estimate of drug-likeness (QED) is 0.144. The Hall–Kier alpha value is -8.40. The second kappa shape index (κ2) is 16.0. The van der Waals surface area contributed by atoms with Gasteiger partial charge >= 0.3 is 0 Å². The first-order valence-corrected chi connectivity index (χ1v) is 22.7. The van der Waals surface area contributed by atoms with Gasteiger partial charge in [0.05, 0.1) is 0 Å². The Bertz CT molecular complexity index is 3520. The first-order chi connectivity index (χ1) is 32.5. The highest BCUT2D eigenvalue weighted by Gasteiger charge is 2.35. The highest BCUT2D eigenvalue weighted by Crippen LogP contribution is 2.51. The Balaban J connectivity index is 0.850. The second-order valence-corrected chi connectivity index (χ2v) is 17.7. The van der Waals surface area contributed by atoms with E-state index in [-0.39, 0.29) is 5.41 Å². The maximum atomic E-state index is 6.76. The molecule has 0 bridgehead atoms. The lowest BCUT2D eigenvalue weighted by Gasteiger charge is -2.28. The zero-order valence-corrected chi connectivity index (χ0v) is 36.9. The number of hydrogen-bond donors (Lipinski definition) is 0. The number of nitrogens with zero attached hydrogens (tertiary/aromatic N) is 2. The lowest BCUT2D eigenvalue weighted by molar-refractivity contribution is 0.660. The summed E-state index contributed by atoms with van der Waals surface area (Å²) in [5.41, 5.74) is 20.5. The largest absolute Gasteiger partial charge is 0.455 e. The van der Waals surface area contributed by atoms with Crippen molar-refractivity contribution in [2.75, 3.05) is 9.80 Å². The van der Waals surface area contributed by atoms with Crippen LogP contribution >= 0.6 is 0 Å². The van der Waals surface area contributed by atoms with Crippen LogP contribution in [0.3, 0.4) is 0 Å². The SMILES string of the molecule is CC1(C)c2ccccc2-c2ccc(N(c3ccccc3)c3ccc(-c4ccc(N(c5ccccc5)c5ccc(-c6cccc7c6oc6c(-c8ccccc8)cccc67)cc5)cc4)cc3)cc21. The highest BCUT2D eigenvalue weighted by atomic mass is 16.3. The van der Waals surface area contributed by atoms with Crippen molar-refractivity contribution < 1.29 is 4.42 Å². The van der Waals surface area contributed by atoms with Crippen LogP contribution in [-0.4, -0.2) is 0 Å². The zero-order valence-electron chi connectivity index (χ0n) is 36.9. The molecule has 0 N–H and O–H groups in total. The second-order valence-electron chi connectivity index (χ2n) is 17.7. The van der Waals surface area contributed by atoms with E-state index in [1.807, 2.05) is 6.07 Å². The van der Waals surface area contributed by atoms with Gasteiger partial charge in [0.2, 0.25) is 0 Å². The lowest BCUT2D eigenvalue weighted by atomic mass is 9.82. The summed E-state index contributed by atoms with van der Waals surface area (Å²) in [5, 5.41) is 2.24. The summed E-state index contributed by atoms with van der Waals surface area (Å²) in [7, 11) is 0. The van der Waals surface area contributed by atoms with Crippen molar-refractivity contribution in [1.29, 1.82) is 0 Å². The first-order valence-electron chi connectivity index (χ1n) is 22.7. The topological polar surface area (TPSA) is 19.6 Å².